The number of carbonyl (C=O) groups excluding carboxylic acids is 1. The van der Waals surface area contributed by atoms with Gasteiger partial charge in [0.2, 0.25) is 5.91 Å². The van der Waals surface area contributed by atoms with Gasteiger partial charge in [-0.2, -0.15) is 0 Å². The molecule has 0 saturated heterocycles. The summed E-state index contributed by atoms with van der Waals surface area (Å²) in [5, 5.41) is 10.3. The number of rotatable bonds is 4. The first kappa shape index (κ1) is 13.2. The van der Waals surface area contributed by atoms with Crippen LogP contribution in [0.2, 0.25) is 0 Å². The van der Waals surface area contributed by atoms with Crippen molar-refractivity contribution in [2.24, 2.45) is 11.1 Å². The minimum atomic E-state index is -0.969. The van der Waals surface area contributed by atoms with Crippen LogP contribution in [0.4, 0.5) is 0 Å². The van der Waals surface area contributed by atoms with Crippen LogP contribution in [0.3, 0.4) is 0 Å². The summed E-state index contributed by atoms with van der Waals surface area (Å²) in [6.07, 6.45) is 0. The second-order valence-corrected chi connectivity index (χ2v) is 4.64. The molecule has 0 radical (unpaired) electrons. The molecule has 1 atom stereocenters. The van der Waals surface area contributed by atoms with E-state index in [9.17, 15) is 4.79 Å². The van der Waals surface area contributed by atoms with Crippen LogP contribution < -0.4 is 11.1 Å². The maximum Gasteiger partial charge on any atom is 0.233 e. The van der Waals surface area contributed by atoms with Crippen LogP contribution in [0.25, 0.3) is 0 Å². The van der Waals surface area contributed by atoms with E-state index in [0.29, 0.717) is 0 Å². The zero-order valence-corrected chi connectivity index (χ0v) is 10.4. The van der Waals surface area contributed by atoms with E-state index in [2.05, 4.69) is 5.32 Å². The number of benzene rings is 1. The van der Waals surface area contributed by atoms with Crippen LogP contribution in [0.1, 0.15) is 32.4 Å². The number of carbonyl (C=O) groups is 1. The summed E-state index contributed by atoms with van der Waals surface area (Å²) in [6, 6.07) is 9.58. The highest BCUT2D eigenvalue weighted by molar-refractivity contribution is 6.04. The van der Waals surface area contributed by atoms with E-state index in [1.165, 1.54) is 0 Å². The van der Waals surface area contributed by atoms with Crippen molar-refractivity contribution >= 4 is 11.7 Å². The SMILES string of the molecule is CC(NC(=O)C(C)(C)C(=N)N)c1ccccc1. The topological polar surface area (TPSA) is 79.0 Å². The normalized spacial score (nSPS) is 12.9. The minimum absolute atomic E-state index is 0.0951. The Kier molecular flexibility index (Phi) is 3.89. The quantitative estimate of drug-likeness (QED) is 0.548. The average molecular weight is 233 g/mol. The van der Waals surface area contributed by atoms with Crippen molar-refractivity contribution in [1.29, 1.82) is 5.41 Å². The lowest BCUT2D eigenvalue weighted by molar-refractivity contribution is -0.127. The largest absolute Gasteiger partial charge is 0.387 e. The van der Waals surface area contributed by atoms with E-state index in [0.717, 1.165) is 5.56 Å². The van der Waals surface area contributed by atoms with Gasteiger partial charge < -0.3 is 11.1 Å². The molecule has 1 amide bonds. The molecule has 0 aliphatic heterocycles. The Morgan fingerprint density at radius 1 is 1.35 bits per heavy atom. The molecule has 0 heterocycles. The molecule has 0 bridgehead atoms. The Labute approximate surface area is 102 Å². The molecule has 1 unspecified atom stereocenters. The molecular weight excluding hydrogens is 214 g/mol. The van der Waals surface area contributed by atoms with Gasteiger partial charge in [0, 0.05) is 0 Å². The van der Waals surface area contributed by atoms with Crippen LogP contribution in [0.5, 0.6) is 0 Å². The maximum absolute atomic E-state index is 12.0. The number of amides is 1. The number of nitrogens with one attached hydrogen (secondary N) is 2. The third-order valence-corrected chi connectivity index (χ3v) is 2.89. The van der Waals surface area contributed by atoms with E-state index in [1.54, 1.807) is 13.8 Å². The zero-order valence-electron chi connectivity index (χ0n) is 10.4. The summed E-state index contributed by atoms with van der Waals surface area (Å²) >= 11 is 0. The minimum Gasteiger partial charge on any atom is -0.387 e. The van der Waals surface area contributed by atoms with Gasteiger partial charge in [-0.05, 0) is 26.3 Å². The van der Waals surface area contributed by atoms with Gasteiger partial charge in [-0.25, -0.2) is 0 Å². The number of amidine groups is 1. The van der Waals surface area contributed by atoms with E-state index >= 15 is 0 Å². The summed E-state index contributed by atoms with van der Waals surface area (Å²) in [5.41, 5.74) is 5.47. The van der Waals surface area contributed by atoms with Crippen LogP contribution in [0, 0.1) is 10.8 Å². The molecule has 4 nitrogen and oxygen atoms in total. The first-order valence-electron chi connectivity index (χ1n) is 5.56. The summed E-state index contributed by atoms with van der Waals surface area (Å²) in [5.74, 6) is -0.364. The third kappa shape index (κ3) is 3.06. The molecule has 0 spiro atoms. The van der Waals surface area contributed by atoms with Gasteiger partial charge in [-0.15, -0.1) is 0 Å². The fourth-order valence-corrected chi connectivity index (χ4v) is 1.32. The number of nitrogens with two attached hydrogens (primary N) is 1. The Balaban J connectivity index is 2.74. The lowest BCUT2D eigenvalue weighted by atomic mass is 9.90. The molecule has 0 aromatic heterocycles. The second-order valence-electron chi connectivity index (χ2n) is 4.64. The van der Waals surface area contributed by atoms with Crippen molar-refractivity contribution in [3.05, 3.63) is 35.9 Å². The molecule has 1 aromatic carbocycles. The molecule has 0 aliphatic carbocycles. The molecule has 1 aromatic rings. The van der Waals surface area contributed by atoms with Crippen LogP contribution in [0.15, 0.2) is 30.3 Å². The van der Waals surface area contributed by atoms with Crippen LogP contribution in [-0.2, 0) is 4.79 Å². The lowest BCUT2D eigenvalue weighted by Crippen LogP contribution is -2.46. The smallest absolute Gasteiger partial charge is 0.233 e. The van der Waals surface area contributed by atoms with Crippen molar-refractivity contribution in [2.75, 3.05) is 0 Å². The maximum atomic E-state index is 12.0. The van der Waals surface area contributed by atoms with Gasteiger partial charge in [0.05, 0.1) is 6.04 Å². The summed E-state index contributed by atoms with van der Waals surface area (Å²) < 4.78 is 0. The first-order valence-corrected chi connectivity index (χ1v) is 5.56. The predicted octanol–water partition coefficient (Wildman–Crippen LogP) is 1.83. The number of hydrogen-bond acceptors (Lipinski definition) is 2. The first-order chi connectivity index (χ1) is 7.85. The van der Waals surface area contributed by atoms with E-state index in [-0.39, 0.29) is 17.8 Å². The zero-order chi connectivity index (χ0) is 13.1. The van der Waals surface area contributed by atoms with E-state index in [1.807, 2.05) is 37.3 Å². The number of hydrogen-bond donors (Lipinski definition) is 3. The van der Waals surface area contributed by atoms with Crippen molar-refractivity contribution in [3.8, 4) is 0 Å². The highest BCUT2D eigenvalue weighted by Crippen LogP contribution is 2.18. The van der Waals surface area contributed by atoms with E-state index in [4.69, 9.17) is 11.1 Å². The molecule has 17 heavy (non-hydrogen) atoms. The molecule has 0 saturated carbocycles. The van der Waals surface area contributed by atoms with Crippen molar-refractivity contribution < 1.29 is 4.79 Å². The molecular formula is C13H19N3O. The van der Waals surface area contributed by atoms with Crippen LogP contribution >= 0.6 is 0 Å². The lowest BCUT2D eigenvalue weighted by Gasteiger charge is -2.24. The van der Waals surface area contributed by atoms with Crippen molar-refractivity contribution in [1.82, 2.24) is 5.32 Å². The standard InChI is InChI=1S/C13H19N3O/c1-9(10-7-5-4-6-8-10)16-12(17)13(2,3)11(14)15/h4-9H,1-3H3,(H3,14,15)(H,16,17). The predicted molar refractivity (Wildman–Crippen MR) is 68.7 cm³/mol. The summed E-state index contributed by atoms with van der Waals surface area (Å²) in [4.78, 5) is 12.0. The third-order valence-electron chi connectivity index (χ3n) is 2.89. The van der Waals surface area contributed by atoms with Gasteiger partial charge in [0.15, 0.2) is 0 Å². The summed E-state index contributed by atoms with van der Waals surface area (Å²) in [7, 11) is 0. The molecule has 92 valence electrons. The molecule has 1 rings (SSSR count). The van der Waals surface area contributed by atoms with Gasteiger partial charge in [-0.1, -0.05) is 30.3 Å². The monoisotopic (exact) mass is 233 g/mol. The average Bonchev–Trinajstić information content (AvgIpc) is 2.29. The van der Waals surface area contributed by atoms with Gasteiger partial charge in [0.25, 0.3) is 0 Å². The fourth-order valence-electron chi connectivity index (χ4n) is 1.32. The van der Waals surface area contributed by atoms with Gasteiger partial charge in [0.1, 0.15) is 11.3 Å². The molecule has 0 fully saturated rings. The fraction of sp³-hybridized carbons (Fsp3) is 0.385. The second kappa shape index (κ2) is 4.99. The van der Waals surface area contributed by atoms with Gasteiger partial charge in [-0.3, -0.25) is 10.2 Å². The molecule has 4 N–H and O–H groups in total. The van der Waals surface area contributed by atoms with Crippen molar-refractivity contribution in [2.45, 2.75) is 26.8 Å². The summed E-state index contributed by atoms with van der Waals surface area (Å²) in [6.45, 7) is 5.19. The highest BCUT2D eigenvalue weighted by atomic mass is 16.2. The Morgan fingerprint density at radius 3 is 2.35 bits per heavy atom. The Morgan fingerprint density at radius 2 is 1.88 bits per heavy atom. The van der Waals surface area contributed by atoms with Gasteiger partial charge >= 0.3 is 0 Å². The Hall–Kier alpha value is -1.84. The highest BCUT2D eigenvalue weighted by Gasteiger charge is 2.31. The van der Waals surface area contributed by atoms with Crippen molar-refractivity contribution in [3.63, 3.8) is 0 Å². The van der Waals surface area contributed by atoms with Crippen LogP contribution in [-0.4, -0.2) is 11.7 Å². The molecule has 4 heteroatoms. The Bertz CT molecular complexity index is 412. The van der Waals surface area contributed by atoms with E-state index < -0.39 is 5.41 Å². The molecule has 0 aliphatic rings.